The molecule has 3 fully saturated rings. The van der Waals surface area contributed by atoms with Gasteiger partial charge >= 0.3 is 6.01 Å². The van der Waals surface area contributed by atoms with Crippen molar-refractivity contribution in [3.63, 3.8) is 0 Å². The first kappa shape index (κ1) is 32.8. The number of benzene rings is 2. The number of fused-ring (bicyclic) bond motifs is 3. The minimum Gasteiger partial charge on any atom is -0.468 e. The molecule has 0 saturated carbocycles. The van der Waals surface area contributed by atoms with Crippen LogP contribution in [0.5, 0.6) is 11.8 Å². The summed E-state index contributed by atoms with van der Waals surface area (Å²) in [6.45, 7) is 5.17. The van der Waals surface area contributed by atoms with Gasteiger partial charge in [-0.15, -0.1) is 0 Å². The summed E-state index contributed by atoms with van der Waals surface area (Å²) in [6, 6.07) is 6.34. The standard InChI is InChI=1S/C36H42F3N5O4/c1-4-25-28(38)8-7-22-15-24(48-21-46-3)16-26(29(22)25)31-30(39)32-27(18-40-31)33(43-13-5-10-35(2,45)19-43)42-34(41-32)47-20-36-11-6-14-44(36)23(17-37)9-12-36/h7-8,15-16,18,23,45H,4-6,9-14,17,19-21H2,1-3H3/t23-,35-,36+/m1/s1. The number of hydrogen-bond donors (Lipinski definition) is 1. The van der Waals surface area contributed by atoms with Crippen LogP contribution in [0.2, 0.25) is 0 Å². The SMILES string of the molecule is CCc1c(F)ccc2cc(OCOC)cc(-c3ncc4c(N5CCC[C@@](C)(O)C5)nc(OC[C@@]56CCCN5[C@@H](CF)CC6)nc4c3F)c12. The zero-order valence-corrected chi connectivity index (χ0v) is 27.7. The summed E-state index contributed by atoms with van der Waals surface area (Å²) in [5.41, 5.74) is -0.480. The third-order valence-corrected chi connectivity index (χ3v) is 10.4. The lowest BCUT2D eigenvalue weighted by atomic mass is 9.94. The first-order valence-electron chi connectivity index (χ1n) is 16.8. The van der Waals surface area contributed by atoms with E-state index in [1.54, 1.807) is 25.1 Å². The number of pyridine rings is 1. The molecule has 3 aliphatic heterocycles. The maximum Gasteiger partial charge on any atom is 0.319 e. The lowest BCUT2D eigenvalue weighted by molar-refractivity contribution is 0.0446. The Morgan fingerprint density at radius 2 is 1.90 bits per heavy atom. The highest BCUT2D eigenvalue weighted by Crippen LogP contribution is 2.44. The highest BCUT2D eigenvalue weighted by atomic mass is 19.1. The lowest BCUT2D eigenvalue weighted by Gasteiger charge is -2.38. The fraction of sp³-hybridized carbons (Fsp3) is 0.528. The van der Waals surface area contributed by atoms with Crippen molar-refractivity contribution < 1.29 is 32.5 Å². The van der Waals surface area contributed by atoms with Crippen LogP contribution in [0, 0.1) is 11.6 Å². The maximum atomic E-state index is 17.0. The molecule has 0 radical (unpaired) electrons. The molecule has 0 amide bonds. The molecule has 5 heterocycles. The quantitative estimate of drug-likeness (QED) is 0.194. The topological polar surface area (TPSA) is 93.1 Å². The molecule has 0 bridgehead atoms. The number of methoxy groups -OCH3 is 1. The van der Waals surface area contributed by atoms with Gasteiger partial charge in [-0.1, -0.05) is 13.0 Å². The van der Waals surface area contributed by atoms with E-state index >= 15 is 8.78 Å². The number of β-amino-alcohol motifs (C(OH)–C–C–N with tert-alkyl or cyclic N) is 1. The van der Waals surface area contributed by atoms with Crippen LogP contribution in [0.25, 0.3) is 32.9 Å². The van der Waals surface area contributed by atoms with Crippen LogP contribution in [0.15, 0.2) is 30.5 Å². The Morgan fingerprint density at radius 3 is 2.67 bits per heavy atom. The second-order valence-electron chi connectivity index (χ2n) is 13.7. The Balaban J connectivity index is 1.37. The van der Waals surface area contributed by atoms with Crippen LogP contribution in [-0.2, 0) is 11.2 Å². The van der Waals surface area contributed by atoms with Crippen LogP contribution < -0.4 is 14.4 Å². The zero-order chi connectivity index (χ0) is 33.6. The first-order valence-corrected chi connectivity index (χ1v) is 16.8. The van der Waals surface area contributed by atoms with E-state index in [4.69, 9.17) is 19.2 Å². The van der Waals surface area contributed by atoms with Gasteiger partial charge in [0.15, 0.2) is 12.6 Å². The average molecular weight is 666 g/mol. The minimum absolute atomic E-state index is 0.00451. The van der Waals surface area contributed by atoms with E-state index in [9.17, 15) is 9.50 Å². The van der Waals surface area contributed by atoms with Crippen molar-refractivity contribution >= 4 is 27.5 Å². The molecule has 7 rings (SSSR count). The molecule has 1 N–H and O–H groups in total. The van der Waals surface area contributed by atoms with Crippen molar-refractivity contribution in [1.29, 1.82) is 0 Å². The highest BCUT2D eigenvalue weighted by Gasteiger charge is 2.50. The normalized spacial score (nSPS) is 24.5. The monoisotopic (exact) mass is 665 g/mol. The van der Waals surface area contributed by atoms with E-state index in [-0.39, 0.29) is 42.2 Å². The third kappa shape index (κ3) is 5.81. The smallest absolute Gasteiger partial charge is 0.319 e. The number of ether oxygens (including phenoxy) is 3. The maximum absolute atomic E-state index is 17.0. The summed E-state index contributed by atoms with van der Waals surface area (Å²) in [4.78, 5) is 18.1. The molecule has 3 atom stereocenters. The molecule has 12 heteroatoms. The third-order valence-electron chi connectivity index (χ3n) is 10.4. The predicted molar refractivity (Wildman–Crippen MR) is 177 cm³/mol. The number of anilines is 1. The summed E-state index contributed by atoms with van der Waals surface area (Å²) >= 11 is 0. The van der Waals surface area contributed by atoms with Gasteiger partial charge in [0.05, 0.1) is 16.5 Å². The molecule has 48 heavy (non-hydrogen) atoms. The Morgan fingerprint density at radius 1 is 1.06 bits per heavy atom. The lowest BCUT2D eigenvalue weighted by Crippen LogP contribution is -2.47. The minimum atomic E-state index is -0.959. The van der Waals surface area contributed by atoms with Crippen molar-refractivity contribution in [3.05, 3.63) is 47.7 Å². The van der Waals surface area contributed by atoms with E-state index in [0.29, 0.717) is 64.8 Å². The van der Waals surface area contributed by atoms with Crippen LogP contribution in [0.3, 0.4) is 0 Å². The molecule has 0 spiro atoms. The van der Waals surface area contributed by atoms with Crippen molar-refractivity contribution in [2.75, 3.05) is 51.7 Å². The number of halogens is 3. The highest BCUT2D eigenvalue weighted by molar-refractivity contribution is 6.01. The number of hydrogen-bond acceptors (Lipinski definition) is 9. The summed E-state index contributed by atoms with van der Waals surface area (Å²) in [5, 5.41) is 12.5. The van der Waals surface area contributed by atoms with Crippen molar-refractivity contribution in [2.45, 2.75) is 76.0 Å². The van der Waals surface area contributed by atoms with E-state index < -0.39 is 23.9 Å². The van der Waals surface area contributed by atoms with E-state index in [2.05, 4.69) is 14.9 Å². The van der Waals surface area contributed by atoms with E-state index in [1.807, 2.05) is 11.8 Å². The van der Waals surface area contributed by atoms with Gasteiger partial charge in [0.25, 0.3) is 0 Å². The van der Waals surface area contributed by atoms with Crippen LogP contribution in [-0.4, -0.2) is 89.0 Å². The molecular weight excluding hydrogens is 623 g/mol. The molecule has 2 aromatic carbocycles. The number of alkyl halides is 1. The van der Waals surface area contributed by atoms with Crippen molar-refractivity contribution in [3.8, 4) is 23.0 Å². The fourth-order valence-electron chi connectivity index (χ4n) is 8.12. The second kappa shape index (κ2) is 12.9. The molecule has 0 aliphatic carbocycles. The second-order valence-corrected chi connectivity index (χ2v) is 13.7. The fourth-order valence-corrected chi connectivity index (χ4v) is 8.12. The van der Waals surface area contributed by atoms with Crippen LogP contribution in [0.4, 0.5) is 19.0 Å². The zero-order valence-electron chi connectivity index (χ0n) is 27.7. The van der Waals surface area contributed by atoms with Crippen LogP contribution in [0.1, 0.15) is 57.9 Å². The van der Waals surface area contributed by atoms with Crippen molar-refractivity contribution in [2.24, 2.45) is 0 Å². The number of aromatic nitrogens is 3. The molecule has 3 aliphatic rings. The van der Waals surface area contributed by atoms with E-state index in [0.717, 1.165) is 38.6 Å². The molecule has 3 saturated heterocycles. The van der Waals surface area contributed by atoms with Gasteiger partial charge in [-0.2, -0.15) is 9.97 Å². The molecule has 9 nitrogen and oxygen atoms in total. The number of rotatable bonds is 10. The van der Waals surface area contributed by atoms with Gasteiger partial charge in [0.1, 0.15) is 41.9 Å². The first-order chi connectivity index (χ1) is 23.2. The van der Waals surface area contributed by atoms with Gasteiger partial charge in [-0.3, -0.25) is 9.88 Å². The molecular formula is C36H42F3N5O4. The number of piperidine rings is 1. The van der Waals surface area contributed by atoms with Gasteiger partial charge in [0.2, 0.25) is 0 Å². The largest absolute Gasteiger partial charge is 0.468 e. The van der Waals surface area contributed by atoms with Gasteiger partial charge < -0.3 is 24.2 Å². The van der Waals surface area contributed by atoms with Gasteiger partial charge in [-0.05, 0) is 92.9 Å². The number of aliphatic hydroxyl groups is 1. The Kier molecular flexibility index (Phi) is 8.84. The molecule has 4 aromatic rings. The van der Waals surface area contributed by atoms with Gasteiger partial charge in [0, 0.05) is 38.0 Å². The Labute approximate surface area is 278 Å². The summed E-state index contributed by atoms with van der Waals surface area (Å²) < 4.78 is 63.2. The van der Waals surface area contributed by atoms with Crippen LogP contribution >= 0.6 is 0 Å². The summed E-state index contributed by atoms with van der Waals surface area (Å²) in [5.74, 6) is -0.261. The number of aryl methyl sites for hydroxylation is 1. The Hall–Kier alpha value is -3.74. The average Bonchev–Trinajstić information content (AvgIpc) is 3.65. The predicted octanol–water partition coefficient (Wildman–Crippen LogP) is 6.36. The van der Waals surface area contributed by atoms with Gasteiger partial charge in [-0.25, -0.2) is 13.2 Å². The summed E-state index contributed by atoms with van der Waals surface area (Å²) in [7, 11) is 1.51. The number of nitrogens with zero attached hydrogens (tertiary/aromatic N) is 5. The Bertz CT molecular complexity index is 1840. The molecule has 256 valence electrons. The molecule has 2 aromatic heterocycles. The van der Waals surface area contributed by atoms with E-state index in [1.165, 1.54) is 19.4 Å². The summed E-state index contributed by atoms with van der Waals surface area (Å²) in [6.07, 6.45) is 6.68. The molecule has 0 unspecified atom stereocenters. The van der Waals surface area contributed by atoms with Crippen molar-refractivity contribution in [1.82, 2.24) is 19.9 Å².